The zero-order chi connectivity index (χ0) is 19.9. The maximum absolute atomic E-state index is 12.3. The van der Waals surface area contributed by atoms with Gasteiger partial charge in [0.15, 0.2) is 0 Å². The van der Waals surface area contributed by atoms with Crippen LogP contribution in [-0.2, 0) is 0 Å². The van der Waals surface area contributed by atoms with E-state index in [1.54, 1.807) is 36.4 Å². The van der Waals surface area contributed by atoms with Gasteiger partial charge in [0.25, 0.3) is 17.5 Å². The highest BCUT2D eigenvalue weighted by atomic mass is 16.6. The molecule has 0 saturated heterocycles. The third kappa shape index (κ3) is 4.70. The highest BCUT2D eigenvalue weighted by Crippen LogP contribution is 2.21. The average Bonchev–Trinajstić information content (AvgIpc) is 2.72. The second kappa shape index (κ2) is 8.45. The molecule has 0 atom stereocenters. The lowest BCUT2D eigenvalue weighted by Crippen LogP contribution is -2.41. The Bertz CT molecular complexity index is 1000. The number of nitro groups is 1. The van der Waals surface area contributed by atoms with E-state index >= 15 is 0 Å². The van der Waals surface area contributed by atoms with Crippen LogP contribution < -0.4 is 15.6 Å². The van der Waals surface area contributed by atoms with Crippen LogP contribution >= 0.6 is 0 Å². The summed E-state index contributed by atoms with van der Waals surface area (Å²) in [6, 6.07) is 20.6. The first-order valence-corrected chi connectivity index (χ1v) is 8.21. The normalized spacial score (nSPS) is 10.0. The predicted molar refractivity (Wildman–Crippen MR) is 101 cm³/mol. The fourth-order valence-corrected chi connectivity index (χ4v) is 2.32. The van der Waals surface area contributed by atoms with Crippen molar-refractivity contribution in [3.63, 3.8) is 0 Å². The molecule has 0 aromatic heterocycles. The van der Waals surface area contributed by atoms with Crippen LogP contribution in [0.1, 0.15) is 20.7 Å². The van der Waals surface area contributed by atoms with E-state index in [4.69, 9.17) is 4.74 Å². The molecule has 0 bridgehead atoms. The number of non-ortho nitro benzene ring substituents is 1. The summed E-state index contributed by atoms with van der Waals surface area (Å²) in [7, 11) is 0. The Morgan fingerprint density at radius 2 is 1.36 bits per heavy atom. The van der Waals surface area contributed by atoms with Gasteiger partial charge in [0.1, 0.15) is 11.5 Å². The highest BCUT2D eigenvalue weighted by molar-refractivity contribution is 5.99. The van der Waals surface area contributed by atoms with Gasteiger partial charge in [-0.25, -0.2) is 0 Å². The van der Waals surface area contributed by atoms with Crippen LogP contribution in [0.5, 0.6) is 11.5 Å². The van der Waals surface area contributed by atoms with Crippen molar-refractivity contribution in [3.05, 3.63) is 100 Å². The minimum absolute atomic E-state index is 0.129. The van der Waals surface area contributed by atoms with E-state index in [0.29, 0.717) is 11.5 Å². The van der Waals surface area contributed by atoms with E-state index in [9.17, 15) is 19.7 Å². The van der Waals surface area contributed by atoms with Gasteiger partial charge in [-0.2, -0.15) is 0 Å². The lowest BCUT2D eigenvalue weighted by molar-refractivity contribution is -0.384. The molecule has 28 heavy (non-hydrogen) atoms. The summed E-state index contributed by atoms with van der Waals surface area (Å²) >= 11 is 0. The molecular weight excluding hydrogens is 362 g/mol. The minimum Gasteiger partial charge on any atom is -0.457 e. The van der Waals surface area contributed by atoms with Crippen molar-refractivity contribution < 1.29 is 19.2 Å². The summed E-state index contributed by atoms with van der Waals surface area (Å²) in [4.78, 5) is 34.4. The van der Waals surface area contributed by atoms with E-state index in [-0.39, 0.29) is 16.8 Å². The summed E-state index contributed by atoms with van der Waals surface area (Å²) in [5.41, 5.74) is 4.90. The van der Waals surface area contributed by atoms with Gasteiger partial charge in [-0.15, -0.1) is 0 Å². The molecule has 3 aromatic rings. The van der Waals surface area contributed by atoms with Crippen LogP contribution in [0.2, 0.25) is 0 Å². The fraction of sp³-hybridized carbons (Fsp3) is 0. The van der Waals surface area contributed by atoms with Gasteiger partial charge in [0.05, 0.1) is 4.92 Å². The SMILES string of the molecule is O=C(NNC(=O)c1cccc(Oc2ccccc2)c1)c1ccc([N+](=O)[O-])cc1. The van der Waals surface area contributed by atoms with Crippen molar-refractivity contribution >= 4 is 17.5 Å². The number of hydrazine groups is 1. The molecule has 0 unspecified atom stereocenters. The fourth-order valence-electron chi connectivity index (χ4n) is 2.32. The van der Waals surface area contributed by atoms with Crippen LogP contribution in [0.4, 0.5) is 5.69 Å². The van der Waals surface area contributed by atoms with E-state index in [1.807, 2.05) is 18.2 Å². The number of hydrogen-bond acceptors (Lipinski definition) is 5. The molecule has 3 aromatic carbocycles. The summed E-state index contributed by atoms with van der Waals surface area (Å²) in [6.07, 6.45) is 0. The van der Waals surface area contributed by atoms with E-state index in [1.165, 1.54) is 24.3 Å². The number of carbonyl (C=O) groups excluding carboxylic acids is 2. The number of para-hydroxylation sites is 1. The molecule has 0 spiro atoms. The van der Waals surface area contributed by atoms with Crippen LogP contribution in [0.25, 0.3) is 0 Å². The first kappa shape index (κ1) is 18.6. The molecule has 8 nitrogen and oxygen atoms in total. The van der Waals surface area contributed by atoms with Crippen molar-refractivity contribution in [1.29, 1.82) is 0 Å². The number of ether oxygens (including phenoxy) is 1. The standard InChI is InChI=1S/C20H15N3O5/c24-19(14-9-11-16(12-10-14)23(26)27)21-22-20(25)15-5-4-8-18(13-15)28-17-6-2-1-3-7-17/h1-13H,(H,21,24)(H,22,25). The van der Waals surface area contributed by atoms with Crippen LogP contribution in [-0.4, -0.2) is 16.7 Å². The average molecular weight is 377 g/mol. The Balaban J connectivity index is 1.60. The molecule has 2 N–H and O–H groups in total. The molecule has 0 radical (unpaired) electrons. The van der Waals surface area contributed by atoms with E-state index < -0.39 is 16.7 Å². The Morgan fingerprint density at radius 3 is 2.00 bits per heavy atom. The second-order valence-corrected chi connectivity index (χ2v) is 5.66. The molecule has 0 heterocycles. The molecule has 3 rings (SSSR count). The zero-order valence-electron chi connectivity index (χ0n) is 14.5. The predicted octanol–water partition coefficient (Wildman–Crippen LogP) is 3.46. The molecule has 0 saturated carbocycles. The highest BCUT2D eigenvalue weighted by Gasteiger charge is 2.12. The molecule has 0 fully saturated rings. The van der Waals surface area contributed by atoms with E-state index in [0.717, 1.165) is 0 Å². The summed E-state index contributed by atoms with van der Waals surface area (Å²) in [5, 5.41) is 10.6. The van der Waals surface area contributed by atoms with Crippen molar-refractivity contribution in [2.24, 2.45) is 0 Å². The number of nitrogens with zero attached hydrogens (tertiary/aromatic N) is 1. The molecule has 0 aliphatic carbocycles. The van der Waals surface area contributed by atoms with E-state index in [2.05, 4.69) is 10.9 Å². The lowest BCUT2D eigenvalue weighted by atomic mass is 10.2. The van der Waals surface area contributed by atoms with Crippen molar-refractivity contribution in [2.45, 2.75) is 0 Å². The molecule has 8 heteroatoms. The summed E-state index contributed by atoms with van der Waals surface area (Å²) in [5.74, 6) is -0.0270. The summed E-state index contributed by atoms with van der Waals surface area (Å²) in [6.45, 7) is 0. The Hall–Kier alpha value is -4.20. The topological polar surface area (TPSA) is 111 Å². The number of hydrogen-bond donors (Lipinski definition) is 2. The van der Waals surface area contributed by atoms with Crippen LogP contribution in [0.15, 0.2) is 78.9 Å². The minimum atomic E-state index is -0.597. The largest absolute Gasteiger partial charge is 0.457 e. The third-order valence-electron chi connectivity index (χ3n) is 3.71. The summed E-state index contributed by atoms with van der Waals surface area (Å²) < 4.78 is 5.67. The second-order valence-electron chi connectivity index (χ2n) is 5.66. The number of nitrogens with one attached hydrogen (secondary N) is 2. The number of carbonyl (C=O) groups is 2. The van der Waals surface area contributed by atoms with Crippen molar-refractivity contribution in [3.8, 4) is 11.5 Å². The van der Waals surface area contributed by atoms with Crippen LogP contribution in [0, 0.1) is 10.1 Å². The Kier molecular flexibility index (Phi) is 5.61. The smallest absolute Gasteiger partial charge is 0.269 e. The maximum atomic E-state index is 12.3. The molecule has 140 valence electrons. The quantitative estimate of drug-likeness (QED) is 0.522. The van der Waals surface area contributed by atoms with Gasteiger partial charge in [0, 0.05) is 23.3 Å². The van der Waals surface area contributed by atoms with Gasteiger partial charge in [0.2, 0.25) is 0 Å². The third-order valence-corrected chi connectivity index (χ3v) is 3.71. The zero-order valence-corrected chi connectivity index (χ0v) is 14.5. The Morgan fingerprint density at radius 1 is 0.750 bits per heavy atom. The molecule has 0 aliphatic rings. The van der Waals surface area contributed by atoms with Crippen molar-refractivity contribution in [1.82, 2.24) is 10.9 Å². The Labute approximate surface area is 159 Å². The van der Waals surface area contributed by atoms with Gasteiger partial charge < -0.3 is 4.74 Å². The van der Waals surface area contributed by atoms with Gasteiger partial charge >= 0.3 is 0 Å². The molecular formula is C20H15N3O5. The number of benzene rings is 3. The van der Waals surface area contributed by atoms with Crippen LogP contribution in [0.3, 0.4) is 0 Å². The number of rotatable bonds is 5. The maximum Gasteiger partial charge on any atom is 0.269 e. The lowest BCUT2D eigenvalue weighted by Gasteiger charge is -2.09. The number of amides is 2. The van der Waals surface area contributed by atoms with Gasteiger partial charge in [-0.3, -0.25) is 30.6 Å². The first-order valence-electron chi connectivity index (χ1n) is 8.21. The van der Waals surface area contributed by atoms with Crippen molar-refractivity contribution in [2.75, 3.05) is 0 Å². The number of nitro benzene ring substituents is 1. The first-order chi connectivity index (χ1) is 13.5. The molecule has 0 aliphatic heterocycles. The molecule has 2 amide bonds. The van der Waals surface area contributed by atoms with Gasteiger partial charge in [-0.05, 0) is 42.5 Å². The monoisotopic (exact) mass is 377 g/mol. The van der Waals surface area contributed by atoms with Gasteiger partial charge in [-0.1, -0.05) is 24.3 Å².